The molecular weight excluding hydrogens is 415 g/mol. The summed E-state index contributed by atoms with van der Waals surface area (Å²) in [4.78, 5) is 19.6. The number of benzene rings is 2. The van der Waals surface area contributed by atoms with Crippen LogP contribution < -0.4 is 5.73 Å². The Morgan fingerprint density at radius 2 is 1.70 bits per heavy atom. The van der Waals surface area contributed by atoms with Gasteiger partial charge in [-0.1, -0.05) is 48.5 Å². The Labute approximate surface area is 180 Å². The Hall–Kier alpha value is -3.35. The second-order valence-corrected chi connectivity index (χ2v) is 8.71. The molecule has 0 fully saturated rings. The molecule has 146 valence electrons. The van der Waals surface area contributed by atoms with E-state index < -0.39 is 0 Å². The van der Waals surface area contributed by atoms with Crippen LogP contribution in [0.2, 0.25) is 0 Å². The number of carbonyl (C=O) groups is 1. The molecule has 0 radical (unpaired) electrons. The lowest BCUT2D eigenvalue weighted by atomic mass is 9.99. The van der Waals surface area contributed by atoms with Gasteiger partial charge in [0.1, 0.15) is 15.5 Å². The van der Waals surface area contributed by atoms with Crippen molar-refractivity contribution in [3.05, 3.63) is 93.7 Å². The van der Waals surface area contributed by atoms with Crippen LogP contribution in [0.5, 0.6) is 0 Å². The Kier molecular flexibility index (Phi) is 4.65. The third-order valence-electron chi connectivity index (χ3n) is 4.87. The SMILES string of the molecule is Nc1c(C(=O)c2cccs2)sc2nc(-c3ccccc3)cc(-c3ccc(F)cc3)c12. The van der Waals surface area contributed by atoms with Gasteiger partial charge in [-0.25, -0.2) is 9.37 Å². The highest BCUT2D eigenvalue weighted by Gasteiger charge is 2.23. The van der Waals surface area contributed by atoms with Crippen molar-refractivity contribution < 1.29 is 9.18 Å². The second-order valence-electron chi connectivity index (χ2n) is 6.76. The Morgan fingerprint density at radius 1 is 0.933 bits per heavy atom. The van der Waals surface area contributed by atoms with Gasteiger partial charge in [0, 0.05) is 10.9 Å². The molecule has 5 aromatic rings. The zero-order chi connectivity index (χ0) is 20.7. The lowest BCUT2D eigenvalue weighted by molar-refractivity contribution is 0.104. The number of nitrogens with two attached hydrogens (primary N) is 1. The van der Waals surface area contributed by atoms with E-state index in [1.54, 1.807) is 18.2 Å². The highest BCUT2D eigenvalue weighted by atomic mass is 32.1. The maximum Gasteiger partial charge on any atom is 0.215 e. The van der Waals surface area contributed by atoms with Crippen LogP contribution in [-0.4, -0.2) is 10.8 Å². The van der Waals surface area contributed by atoms with Gasteiger partial charge in [0.25, 0.3) is 0 Å². The van der Waals surface area contributed by atoms with E-state index in [1.165, 1.54) is 34.8 Å². The molecule has 2 aromatic carbocycles. The van der Waals surface area contributed by atoms with Crippen molar-refractivity contribution in [1.29, 1.82) is 0 Å². The smallest absolute Gasteiger partial charge is 0.215 e. The standard InChI is InChI=1S/C24H15FN2OS2/c25-16-10-8-14(9-11-16)17-13-18(15-5-2-1-3-6-15)27-24-20(17)21(26)23(30-24)22(28)19-7-4-12-29-19/h1-13H,26H2. The summed E-state index contributed by atoms with van der Waals surface area (Å²) in [5.41, 5.74) is 10.3. The number of hydrogen-bond donors (Lipinski definition) is 1. The molecule has 5 rings (SSSR count). The van der Waals surface area contributed by atoms with Crippen LogP contribution in [0.4, 0.5) is 10.1 Å². The van der Waals surface area contributed by atoms with E-state index in [9.17, 15) is 9.18 Å². The topological polar surface area (TPSA) is 56.0 Å². The van der Waals surface area contributed by atoms with E-state index in [2.05, 4.69) is 0 Å². The molecule has 0 aliphatic carbocycles. The molecule has 3 heterocycles. The number of pyridine rings is 1. The molecule has 0 saturated heterocycles. The van der Waals surface area contributed by atoms with E-state index in [0.29, 0.717) is 20.3 Å². The number of carbonyl (C=O) groups excluding carboxylic acids is 1. The maximum atomic E-state index is 13.5. The zero-order valence-electron chi connectivity index (χ0n) is 15.6. The van der Waals surface area contributed by atoms with Gasteiger partial charge in [-0.3, -0.25) is 4.79 Å². The quantitative estimate of drug-likeness (QED) is 0.325. The van der Waals surface area contributed by atoms with Gasteiger partial charge in [0.2, 0.25) is 5.78 Å². The largest absolute Gasteiger partial charge is 0.397 e. The van der Waals surface area contributed by atoms with Crippen molar-refractivity contribution in [1.82, 2.24) is 4.98 Å². The summed E-state index contributed by atoms with van der Waals surface area (Å²) in [6.07, 6.45) is 0. The molecule has 0 aliphatic rings. The first kappa shape index (κ1) is 18.7. The van der Waals surface area contributed by atoms with Gasteiger partial charge in [0.05, 0.1) is 16.3 Å². The van der Waals surface area contributed by atoms with Crippen molar-refractivity contribution in [2.24, 2.45) is 0 Å². The third kappa shape index (κ3) is 3.20. The first-order valence-electron chi connectivity index (χ1n) is 9.24. The van der Waals surface area contributed by atoms with Gasteiger partial charge >= 0.3 is 0 Å². The normalized spacial score (nSPS) is 11.1. The number of fused-ring (bicyclic) bond motifs is 1. The number of thiophene rings is 2. The van der Waals surface area contributed by atoms with Crippen LogP contribution >= 0.6 is 22.7 Å². The fourth-order valence-electron chi connectivity index (χ4n) is 3.42. The number of nitrogens with zero attached hydrogens (tertiary/aromatic N) is 1. The molecule has 6 heteroatoms. The predicted octanol–water partition coefficient (Wildman–Crippen LogP) is 6.64. The number of hydrogen-bond acceptors (Lipinski definition) is 5. The van der Waals surface area contributed by atoms with Crippen molar-refractivity contribution in [3.8, 4) is 22.4 Å². The average molecular weight is 431 g/mol. The van der Waals surface area contributed by atoms with Crippen LogP contribution in [0.25, 0.3) is 32.6 Å². The minimum absolute atomic E-state index is 0.100. The molecule has 0 spiro atoms. The molecule has 30 heavy (non-hydrogen) atoms. The van der Waals surface area contributed by atoms with Gasteiger partial charge in [-0.15, -0.1) is 22.7 Å². The summed E-state index contributed by atoms with van der Waals surface area (Å²) >= 11 is 2.68. The van der Waals surface area contributed by atoms with E-state index >= 15 is 0 Å². The zero-order valence-corrected chi connectivity index (χ0v) is 17.3. The summed E-state index contributed by atoms with van der Waals surface area (Å²) in [7, 11) is 0. The predicted molar refractivity (Wildman–Crippen MR) is 123 cm³/mol. The molecule has 3 nitrogen and oxygen atoms in total. The Morgan fingerprint density at radius 3 is 2.40 bits per heavy atom. The molecule has 0 unspecified atom stereocenters. The summed E-state index contributed by atoms with van der Waals surface area (Å²) < 4.78 is 13.5. The number of rotatable bonds is 4. The molecule has 2 N–H and O–H groups in total. The second kappa shape index (κ2) is 7.48. The highest BCUT2D eigenvalue weighted by molar-refractivity contribution is 7.22. The minimum Gasteiger partial charge on any atom is -0.397 e. The Balaban J connectivity index is 1.78. The first-order chi connectivity index (χ1) is 14.6. The highest BCUT2D eigenvalue weighted by Crippen LogP contribution is 2.42. The summed E-state index contributed by atoms with van der Waals surface area (Å²) in [5.74, 6) is -0.406. The van der Waals surface area contributed by atoms with E-state index in [1.807, 2.05) is 47.8 Å². The minimum atomic E-state index is -0.306. The number of aromatic nitrogens is 1. The number of anilines is 1. The maximum absolute atomic E-state index is 13.5. The molecule has 0 atom stereocenters. The van der Waals surface area contributed by atoms with Crippen LogP contribution in [0.1, 0.15) is 14.5 Å². The molecular formula is C24H15FN2OS2. The summed E-state index contributed by atoms with van der Waals surface area (Å²) in [6, 6.07) is 21.7. The fourth-order valence-corrected chi connectivity index (χ4v) is 5.23. The number of nitrogen functional groups attached to an aromatic ring is 1. The first-order valence-corrected chi connectivity index (χ1v) is 10.9. The van der Waals surface area contributed by atoms with Crippen molar-refractivity contribution >= 4 is 44.4 Å². The van der Waals surface area contributed by atoms with E-state index in [4.69, 9.17) is 10.7 Å². The molecule has 3 aromatic heterocycles. The van der Waals surface area contributed by atoms with Gasteiger partial charge in [0.15, 0.2) is 0 Å². The molecule has 0 saturated carbocycles. The van der Waals surface area contributed by atoms with E-state index in [0.717, 1.165) is 27.8 Å². The van der Waals surface area contributed by atoms with Crippen molar-refractivity contribution in [3.63, 3.8) is 0 Å². The van der Waals surface area contributed by atoms with Gasteiger partial charge < -0.3 is 5.73 Å². The van der Waals surface area contributed by atoms with Gasteiger partial charge in [-0.05, 0) is 40.8 Å². The molecule has 0 aliphatic heterocycles. The van der Waals surface area contributed by atoms with Crippen LogP contribution in [0.15, 0.2) is 78.2 Å². The Bertz CT molecular complexity index is 1360. The number of ketones is 1. The van der Waals surface area contributed by atoms with Crippen molar-refractivity contribution in [2.45, 2.75) is 0 Å². The summed E-state index contributed by atoms with van der Waals surface area (Å²) in [6.45, 7) is 0. The van der Waals surface area contributed by atoms with Crippen LogP contribution in [0, 0.1) is 5.82 Å². The lowest BCUT2D eigenvalue weighted by Gasteiger charge is -2.09. The van der Waals surface area contributed by atoms with Crippen LogP contribution in [0.3, 0.4) is 0 Å². The van der Waals surface area contributed by atoms with Crippen LogP contribution in [-0.2, 0) is 0 Å². The number of halogens is 1. The van der Waals surface area contributed by atoms with Gasteiger partial charge in [-0.2, -0.15) is 0 Å². The molecule has 0 amide bonds. The van der Waals surface area contributed by atoms with Crippen molar-refractivity contribution in [2.75, 3.05) is 5.73 Å². The average Bonchev–Trinajstić information content (AvgIpc) is 3.42. The summed E-state index contributed by atoms with van der Waals surface area (Å²) in [5, 5.41) is 2.60. The molecule has 0 bridgehead atoms. The fraction of sp³-hybridized carbons (Fsp3) is 0. The third-order valence-corrected chi connectivity index (χ3v) is 6.84. The lowest BCUT2D eigenvalue weighted by Crippen LogP contribution is -1.99. The monoisotopic (exact) mass is 430 g/mol. The van der Waals surface area contributed by atoms with E-state index in [-0.39, 0.29) is 11.6 Å².